The lowest BCUT2D eigenvalue weighted by molar-refractivity contribution is 0.0959. The van der Waals surface area contributed by atoms with E-state index in [1.54, 1.807) is 6.07 Å². The molecule has 1 aliphatic heterocycles. The van der Waals surface area contributed by atoms with Gasteiger partial charge in [-0.05, 0) is 38.5 Å². The second-order valence-corrected chi connectivity index (χ2v) is 5.11. The number of carbonyl (C=O) groups excluding carboxylic acids is 1. The number of ketones is 1. The zero-order valence-electron chi connectivity index (χ0n) is 10.4. The van der Waals surface area contributed by atoms with Gasteiger partial charge in [-0.1, -0.05) is 0 Å². The van der Waals surface area contributed by atoms with E-state index in [1.807, 2.05) is 26.8 Å². The Labute approximate surface area is 101 Å². The van der Waals surface area contributed by atoms with E-state index in [9.17, 15) is 4.79 Å². The molecule has 0 unspecified atom stereocenters. The Morgan fingerprint density at radius 3 is 2.53 bits per heavy atom. The average molecular weight is 235 g/mol. The van der Waals surface area contributed by atoms with Gasteiger partial charge in [0.2, 0.25) is 6.79 Å². The summed E-state index contributed by atoms with van der Waals surface area (Å²) in [6.45, 7) is 5.79. The number of aryl methyl sites for hydroxylation is 1. The molecule has 0 aromatic heterocycles. The summed E-state index contributed by atoms with van der Waals surface area (Å²) in [7, 11) is 0. The smallest absolute Gasteiger partial charge is 0.231 e. The summed E-state index contributed by atoms with van der Waals surface area (Å²) in [5.74, 6) is 1.37. The van der Waals surface area contributed by atoms with E-state index in [0.717, 1.165) is 5.56 Å². The molecule has 1 aromatic rings. The fourth-order valence-electron chi connectivity index (χ4n) is 1.85. The van der Waals surface area contributed by atoms with Gasteiger partial charge in [0, 0.05) is 17.5 Å². The van der Waals surface area contributed by atoms with Crippen LogP contribution in [0.25, 0.3) is 0 Å². The highest BCUT2D eigenvalue weighted by atomic mass is 16.7. The minimum Gasteiger partial charge on any atom is -0.454 e. The number of nitrogens with two attached hydrogens (primary N) is 1. The van der Waals surface area contributed by atoms with Crippen molar-refractivity contribution in [3.8, 4) is 11.5 Å². The van der Waals surface area contributed by atoms with Crippen molar-refractivity contribution in [2.24, 2.45) is 5.73 Å². The van der Waals surface area contributed by atoms with Gasteiger partial charge >= 0.3 is 0 Å². The normalized spacial score (nSPS) is 13.9. The van der Waals surface area contributed by atoms with Gasteiger partial charge in [0.25, 0.3) is 0 Å². The third-order valence-corrected chi connectivity index (χ3v) is 2.64. The van der Waals surface area contributed by atoms with Crippen LogP contribution in [0.2, 0.25) is 0 Å². The standard InChI is InChI=1S/C13H17NO3/c1-8-4-11-12(17-7-16-11)5-9(8)10(15)6-13(2,3)14/h4-5H,6-7,14H2,1-3H3. The third kappa shape index (κ3) is 2.58. The first-order chi connectivity index (χ1) is 7.87. The molecule has 1 heterocycles. The largest absolute Gasteiger partial charge is 0.454 e. The minimum atomic E-state index is -0.500. The molecule has 0 spiro atoms. The fraction of sp³-hybridized carbons (Fsp3) is 0.462. The van der Waals surface area contributed by atoms with Gasteiger partial charge in [-0.15, -0.1) is 0 Å². The summed E-state index contributed by atoms with van der Waals surface area (Å²) in [5, 5.41) is 0. The highest BCUT2D eigenvalue weighted by Gasteiger charge is 2.22. The molecule has 0 amide bonds. The fourth-order valence-corrected chi connectivity index (χ4v) is 1.85. The van der Waals surface area contributed by atoms with Crippen molar-refractivity contribution in [2.75, 3.05) is 6.79 Å². The van der Waals surface area contributed by atoms with Crippen LogP contribution >= 0.6 is 0 Å². The van der Waals surface area contributed by atoms with E-state index < -0.39 is 5.54 Å². The molecule has 1 aromatic carbocycles. The first kappa shape index (κ1) is 11.9. The zero-order valence-corrected chi connectivity index (χ0v) is 10.4. The number of fused-ring (bicyclic) bond motifs is 1. The van der Waals surface area contributed by atoms with Crippen molar-refractivity contribution in [3.05, 3.63) is 23.3 Å². The van der Waals surface area contributed by atoms with Crippen molar-refractivity contribution < 1.29 is 14.3 Å². The molecule has 2 N–H and O–H groups in total. The lowest BCUT2D eigenvalue weighted by atomic mass is 9.93. The Hall–Kier alpha value is -1.55. The van der Waals surface area contributed by atoms with E-state index in [-0.39, 0.29) is 12.6 Å². The summed E-state index contributed by atoms with van der Waals surface area (Å²) in [4.78, 5) is 12.1. The number of ether oxygens (including phenoxy) is 2. The van der Waals surface area contributed by atoms with Crippen LogP contribution < -0.4 is 15.2 Å². The second-order valence-electron chi connectivity index (χ2n) is 5.11. The van der Waals surface area contributed by atoms with Crippen LogP contribution in [-0.2, 0) is 0 Å². The van der Waals surface area contributed by atoms with Crippen molar-refractivity contribution >= 4 is 5.78 Å². The van der Waals surface area contributed by atoms with Gasteiger partial charge in [-0.25, -0.2) is 0 Å². The van der Waals surface area contributed by atoms with Crippen LogP contribution in [0.15, 0.2) is 12.1 Å². The quantitative estimate of drug-likeness (QED) is 0.814. The Kier molecular flexibility index (Phi) is 2.83. The predicted molar refractivity (Wildman–Crippen MR) is 64.5 cm³/mol. The number of hydrogen-bond acceptors (Lipinski definition) is 4. The average Bonchev–Trinajstić information content (AvgIpc) is 2.60. The van der Waals surface area contributed by atoms with Crippen LogP contribution in [0.1, 0.15) is 36.2 Å². The molecule has 0 bridgehead atoms. The van der Waals surface area contributed by atoms with Gasteiger partial charge in [-0.2, -0.15) is 0 Å². The Balaban J connectivity index is 2.30. The highest BCUT2D eigenvalue weighted by Crippen LogP contribution is 2.35. The molecule has 0 saturated heterocycles. The van der Waals surface area contributed by atoms with Gasteiger partial charge in [-0.3, -0.25) is 4.79 Å². The third-order valence-electron chi connectivity index (χ3n) is 2.64. The highest BCUT2D eigenvalue weighted by molar-refractivity contribution is 5.98. The molecule has 4 heteroatoms. The van der Waals surface area contributed by atoms with Crippen LogP contribution in [-0.4, -0.2) is 18.1 Å². The Morgan fingerprint density at radius 2 is 1.94 bits per heavy atom. The zero-order chi connectivity index (χ0) is 12.6. The first-order valence-corrected chi connectivity index (χ1v) is 5.59. The SMILES string of the molecule is Cc1cc2c(cc1C(=O)CC(C)(C)N)OCO2. The predicted octanol–water partition coefficient (Wildman–Crippen LogP) is 2.03. The van der Waals surface area contributed by atoms with Gasteiger partial charge in [0.05, 0.1) is 0 Å². The first-order valence-electron chi connectivity index (χ1n) is 5.59. The van der Waals surface area contributed by atoms with Crippen LogP contribution in [0.4, 0.5) is 0 Å². The van der Waals surface area contributed by atoms with Crippen molar-refractivity contribution in [1.82, 2.24) is 0 Å². The number of benzene rings is 1. The minimum absolute atomic E-state index is 0.0355. The number of hydrogen-bond donors (Lipinski definition) is 1. The van der Waals surface area contributed by atoms with E-state index in [2.05, 4.69) is 0 Å². The second kappa shape index (κ2) is 4.04. The summed E-state index contributed by atoms with van der Waals surface area (Å²) < 4.78 is 10.5. The molecule has 0 fully saturated rings. The lowest BCUT2D eigenvalue weighted by Gasteiger charge is -2.17. The van der Waals surface area contributed by atoms with Crippen molar-refractivity contribution in [3.63, 3.8) is 0 Å². The number of carbonyl (C=O) groups is 1. The summed E-state index contributed by atoms with van der Waals surface area (Å²) in [6, 6.07) is 3.57. The van der Waals surface area contributed by atoms with E-state index in [0.29, 0.717) is 23.5 Å². The van der Waals surface area contributed by atoms with E-state index in [4.69, 9.17) is 15.2 Å². The molecule has 0 radical (unpaired) electrons. The van der Waals surface area contributed by atoms with Crippen LogP contribution in [0.3, 0.4) is 0 Å². The molecular weight excluding hydrogens is 218 g/mol. The molecule has 2 rings (SSSR count). The molecule has 17 heavy (non-hydrogen) atoms. The van der Waals surface area contributed by atoms with Crippen molar-refractivity contribution in [1.29, 1.82) is 0 Å². The van der Waals surface area contributed by atoms with Crippen LogP contribution in [0.5, 0.6) is 11.5 Å². The number of Topliss-reactive ketones (excluding diaryl/α,β-unsaturated/α-hetero) is 1. The van der Waals surface area contributed by atoms with E-state index in [1.165, 1.54) is 0 Å². The van der Waals surface area contributed by atoms with Crippen molar-refractivity contribution in [2.45, 2.75) is 32.7 Å². The maximum atomic E-state index is 12.1. The molecule has 0 aliphatic carbocycles. The maximum absolute atomic E-state index is 12.1. The molecule has 0 atom stereocenters. The Morgan fingerprint density at radius 1 is 1.35 bits per heavy atom. The monoisotopic (exact) mass is 235 g/mol. The maximum Gasteiger partial charge on any atom is 0.231 e. The van der Waals surface area contributed by atoms with Gasteiger partial charge < -0.3 is 15.2 Å². The van der Waals surface area contributed by atoms with Gasteiger partial charge in [0.15, 0.2) is 17.3 Å². The number of rotatable bonds is 3. The summed E-state index contributed by atoms with van der Waals surface area (Å²) in [5.41, 5.74) is 6.91. The Bertz CT molecular complexity index is 460. The van der Waals surface area contributed by atoms with Gasteiger partial charge in [0.1, 0.15) is 0 Å². The molecule has 4 nitrogen and oxygen atoms in total. The molecule has 1 aliphatic rings. The summed E-state index contributed by atoms with van der Waals surface area (Å²) in [6.07, 6.45) is 0.313. The lowest BCUT2D eigenvalue weighted by Crippen LogP contribution is -2.34. The summed E-state index contributed by atoms with van der Waals surface area (Å²) >= 11 is 0. The molecule has 0 saturated carbocycles. The van der Waals surface area contributed by atoms with Crippen LogP contribution in [0, 0.1) is 6.92 Å². The van der Waals surface area contributed by atoms with E-state index >= 15 is 0 Å². The molecule has 92 valence electrons. The molecular formula is C13H17NO3. The topological polar surface area (TPSA) is 61.6 Å².